The lowest BCUT2D eigenvalue weighted by Gasteiger charge is -2.29. The number of rotatable bonds is 10. The monoisotopic (exact) mass is 268 g/mol. The predicted molar refractivity (Wildman–Crippen MR) is 84.4 cm³/mol. The van der Waals surface area contributed by atoms with E-state index < -0.39 is 0 Å². The molecule has 1 fully saturated rings. The fourth-order valence-corrected chi connectivity index (χ4v) is 3.39. The number of hydrogen-bond acceptors (Lipinski definition) is 1. The Labute approximate surface area is 121 Å². The summed E-state index contributed by atoms with van der Waals surface area (Å²) in [4.78, 5) is 0. The van der Waals surface area contributed by atoms with Crippen molar-refractivity contribution in [2.75, 3.05) is 0 Å². The molecule has 1 rings (SSSR count). The van der Waals surface area contributed by atoms with Crippen molar-refractivity contribution in [3.63, 3.8) is 0 Å². The van der Waals surface area contributed by atoms with Gasteiger partial charge in [-0.2, -0.15) is 0 Å². The summed E-state index contributed by atoms with van der Waals surface area (Å²) in [6.45, 7) is 4.62. The molecule has 1 aliphatic carbocycles. The predicted octanol–water partition coefficient (Wildman–Crippen LogP) is 5.70. The zero-order valence-corrected chi connectivity index (χ0v) is 13.4. The average molecular weight is 268 g/mol. The van der Waals surface area contributed by atoms with Crippen LogP contribution in [0.4, 0.5) is 0 Å². The van der Waals surface area contributed by atoms with Crippen LogP contribution in [0.5, 0.6) is 0 Å². The van der Waals surface area contributed by atoms with E-state index in [-0.39, 0.29) is 6.10 Å². The van der Waals surface area contributed by atoms with Gasteiger partial charge in [0.15, 0.2) is 0 Å². The Morgan fingerprint density at radius 3 is 1.95 bits per heavy atom. The molecule has 0 aromatic carbocycles. The lowest BCUT2D eigenvalue weighted by atomic mass is 9.79. The smallest absolute Gasteiger partial charge is 0.0568 e. The quantitative estimate of drug-likeness (QED) is 0.503. The second-order valence-electron chi connectivity index (χ2n) is 6.85. The van der Waals surface area contributed by atoms with E-state index >= 15 is 0 Å². The van der Waals surface area contributed by atoms with Gasteiger partial charge in [-0.3, -0.25) is 0 Å². The third-order valence-electron chi connectivity index (χ3n) is 4.96. The Morgan fingerprint density at radius 1 is 0.842 bits per heavy atom. The minimum absolute atomic E-state index is 0.00686. The summed E-state index contributed by atoms with van der Waals surface area (Å²) < 4.78 is 0. The van der Waals surface area contributed by atoms with E-state index in [1.54, 1.807) is 0 Å². The van der Waals surface area contributed by atoms with Crippen molar-refractivity contribution in [2.45, 2.75) is 103 Å². The highest BCUT2D eigenvalue weighted by molar-refractivity contribution is 4.75. The van der Waals surface area contributed by atoms with Crippen LogP contribution in [-0.4, -0.2) is 11.2 Å². The molecule has 1 N–H and O–H groups in total. The van der Waals surface area contributed by atoms with Crippen LogP contribution in [0.2, 0.25) is 0 Å². The topological polar surface area (TPSA) is 20.2 Å². The van der Waals surface area contributed by atoms with Gasteiger partial charge in [-0.15, -0.1) is 0 Å². The van der Waals surface area contributed by atoms with Gasteiger partial charge in [0.2, 0.25) is 0 Å². The molecule has 19 heavy (non-hydrogen) atoms. The number of unbranched alkanes of at least 4 members (excludes halogenated alkanes) is 7. The molecule has 0 spiro atoms. The van der Waals surface area contributed by atoms with Crippen LogP contribution in [0.15, 0.2) is 0 Å². The van der Waals surface area contributed by atoms with Gasteiger partial charge in [0.05, 0.1) is 6.10 Å². The van der Waals surface area contributed by atoms with Gasteiger partial charge in [0.1, 0.15) is 0 Å². The first-order valence-electron chi connectivity index (χ1n) is 8.92. The van der Waals surface area contributed by atoms with E-state index in [1.807, 2.05) is 0 Å². The van der Waals surface area contributed by atoms with Crippen molar-refractivity contribution in [3.8, 4) is 0 Å². The van der Waals surface area contributed by atoms with Crippen molar-refractivity contribution in [1.82, 2.24) is 0 Å². The van der Waals surface area contributed by atoms with Crippen molar-refractivity contribution in [3.05, 3.63) is 0 Å². The molecular formula is C18H36O. The van der Waals surface area contributed by atoms with Gasteiger partial charge >= 0.3 is 0 Å². The standard InChI is InChI=1S/C18H36O/c1-3-4-5-6-7-8-9-10-11-18(19)17-14-12-16(2)13-15-17/h16-19H,3-15H2,1-2H3. The van der Waals surface area contributed by atoms with Crippen molar-refractivity contribution in [2.24, 2.45) is 11.8 Å². The summed E-state index contributed by atoms with van der Waals surface area (Å²) in [6.07, 6.45) is 17.1. The van der Waals surface area contributed by atoms with E-state index in [9.17, 15) is 5.11 Å². The number of hydrogen-bond donors (Lipinski definition) is 1. The van der Waals surface area contributed by atoms with Crippen LogP contribution in [0, 0.1) is 11.8 Å². The highest BCUT2D eigenvalue weighted by atomic mass is 16.3. The molecule has 0 bridgehead atoms. The SMILES string of the molecule is CCCCCCCCCCC(O)C1CCC(C)CC1. The number of aliphatic hydroxyl groups excluding tert-OH is 1. The largest absolute Gasteiger partial charge is 0.393 e. The van der Waals surface area contributed by atoms with Gasteiger partial charge in [-0.25, -0.2) is 0 Å². The minimum Gasteiger partial charge on any atom is -0.393 e. The Bertz CT molecular complexity index is 194. The molecule has 0 amide bonds. The van der Waals surface area contributed by atoms with E-state index in [4.69, 9.17) is 0 Å². The van der Waals surface area contributed by atoms with Crippen LogP contribution < -0.4 is 0 Å². The zero-order chi connectivity index (χ0) is 13.9. The fourth-order valence-electron chi connectivity index (χ4n) is 3.39. The molecule has 1 atom stereocenters. The second-order valence-corrected chi connectivity index (χ2v) is 6.85. The van der Waals surface area contributed by atoms with E-state index in [1.165, 1.54) is 77.0 Å². The third-order valence-corrected chi connectivity index (χ3v) is 4.96. The highest BCUT2D eigenvalue weighted by Gasteiger charge is 2.23. The van der Waals surface area contributed by atoms with Crippen LogP contribution >= 0.6 is 0 Å². The molecule has 0 aromatic heterocycles. The lowest BCUT2D eigenvalue weighted by molar-refractivity contribution is 0.0665. The van der Waals surface area contributed by atoms with E-state index in [2.05, 4.69) is 13.8 Å². The molecule has 0 heterocycles. The van der Waals surface area contributed by atoms with Crippen LogP contribution in [-0.2, 0) is 0 Å². The molecule has 1 unspecified atom stereocenters. The van der Waals surface area contributed by atoms with Crippen molar-refractivity contribution >= 4 is 0 Å². The summed E-state index contributed by atoms with van der Waals surface area (Å²) in [6, 6.07) is 0. The Hall–Kier alpha value is -0.0400. The first-order chi connectivity index (χ1) is 9.24. The maximum Gasteiger partial charge on any atom is 0.0568 e. The van der Waals surface area contributed by atoms with Gasteiger partial charge in [0.25, 0.3) is 0 Å². The van der Waals surface area contributed by atoms with Gasteiger partial charge in [-0.1, -0.05) is 78.1 Å². The van der Waals surface area contributed by atoms with Crippen LogP contribution in [0.3, 0.4) is 0 Å². The van der Waals surface area contributed by atoms with Crippen molar-refractivity contribution < 1.29 is 5.11 Å². The molecule has 114 valence electrons. The first kappa shape index (κ1) is 17.0. The average Bonchev–Trinajstić information content (AvgIpc) is 2.42. The third kappa shape index (κ3) is 7.97. The fraction of sp³-hybridized carbons (Fsp3) is 1.00. The van der Waals surface area contributed by atoms with Gasteiger partial charge in [-0.05, 0) is 31.1 Å². The minimum atomic E-state index is -0.00686. The Kier molecular flexibility index (Phi) is 9.59. The molecule has 0 aliphatic heterocycles. The number of aliphatic hydroxyl groups is 1. The molecule has 1 heteroatoms. The molecule has 0 radical (unpaired) electrons. The second kappa shape index (κ2) is 10.7. The molecule has 0 aromatic rings. The molecule has 0 saturated heterocycles. The Morgan fingerprint density at radius 2 is 1.37 bits per heavy atom. The zero-order valence-electron chi connectivity index (χ0n) is 13.4. The normalized spacial score (nSPS) is 25.4. The first-order valence-corrected chi connectivity index (χ1v) is 8.92. The van der Waals surface area contributed by atoms with Gasteiger partial charge in [0, 0.05) is 0 Å². The van der Waals surface area contributed by atoms with Crippen LogP contribution in [0.25, 0.3) is 0 Å². The Balaban J connectivity index is 1.91. The molecule has 1 aliphatic rings. The molecule has 1 nitrogen and oxygen atoms in total. The maximum absolute atomic E-state index is 10.2. The highest BCUT2D eigenvalue weighted by Crippen LogP contribution is 2.31. The summed E-state index contributed by atoms with van der Waals surface area (Å²) >= 11 is 0. The van der Waals surface area contributed by atoms with Crippen molar-refractivity contribution in [1.29, 1.82) is 0 Å². The molecule has 1 saturated carbocycles. The summed E-state index contributed by atoms with van der Waals surface area (Å²) in [7, 11) is 0. The summed E-state index contributed by atoms with van der Waals surface area (Å²) in [5.41, 5.74) is 0. The lowest BCUT2D eigenvalue weighted by Crippen LogP contribution is -2.24. The van der Waals surface area contributed by atoms with E-state index in [0.29, 0.717) is 5.92 Å². The summed E-state index contributed by atoms with van der Waals surface area (Å²) in [5, 5.41) is 10.2. The molecular weight excluding hydrogens is 232 g/mol. The van der Waals surface area contributed by atoms with Crippen LogP contribution in [0.1, 0.15) is 97.3 Å². The maximum atomic E-state index is 10.2. The summed E-state index contributed by atoms with van der Waals surface area (Å²) in [5.74, 6) is 1.51. The van der Waals surface area contributed by atoms with Gasteiger partial charge < -0.3 is 5.11 Å². The van der Waals surface area contributed by atoms with E-state index in [0.717, 1.165) is 12.3 Å².